The number of alkyl halides is 3. The summed E-state index contributed by atoms with van der Waals surface area (Å²) in [6, 6.07) is 19.1. The minimum atomic E-state index is -4.72. The first-order valence-electron chi connectivity index (χ1n) is 14.1. The van der Waals surface area contributed by atoms with Crippen LogP contribution in [0.5, 0.6) is 5.75 Å². The molecule has 208 valence electrons. The molecule has 0 spiro atoms. The maximum Gasteiger partial charge on any atom is 0.573 e. The molecule has 3 aromatic rings. The molecule has 0 radical (unpaired) electrons. The van der Waals surface area contributed by atoms with Crippen molar-refractivity contribution < 1.29 is 22.3 Å². The van der Waals surface area contributed by atoms with Gasteiger partial charge in [-0.15, -0.1) is 13.2 Å². The monoisotopic (exact) mass is 540 g/mol. The Kier molecular flexibility index (Phi) is 7.53. The van der Waals surface area contributed by atoms with Crippen LogP contribution in [0.4, 0.5) is 19.2 Å². The second kappa shape index (κ2) is 11.2. The molecule has 3 heterocycles. The number of aromatic nitrogens is 1. The first-order valence-corrected chi connectivity index (χ1v) is 14.1. The summed E-state index contributed by atoms with van der Waals surface area (Å²) in [5.41, 5.74) is 2.02. The number of fused-ring (bicyclic) bond motifs is 2. The van der Waals surface area contributed by atoms with E-state index < -0.39 is 6.36 Å². The van der Waals surface area contributed by atoms with Crippen molar-refractivity contribution in [2.45, 2.75) is 94.5 Å². The van der Waals surface area contributed by atoms with Crippen LogP contribution in [0, 0.1) is 0 Å². The summed E-state index contributed by atoms with van der Waals surface area (Å²) in [6.45, 7) is 1.02. The van der Waals surface area contributed by atoms with Gasteiger partial charge in [-0.1, -0.05) is 43.2 Å². The lowest BCUT2D eigenvalue weighted by molar-refractivity contribution is -0.274. The topological polar surface area (TPSA) is 62.6 Å². The summed E-state index contributed by atoms with van der Waals surface area (Å²) in [5, 5.41) is 7.58. The Morgan fingerprint density at radius 3 is 2.38 bits per heavy atom. The van der Waals surface area contributed by atoms with Crippen molar-refractivity contribution in [3.63, 3.8) is 0 Å². The zero-order chi connectivity index (χ0) is 26.8. The molecule has 3 aliphatic rings. The number of halogens is 3. The van der Waals surface area contributed by atoms with Gasteiger partial charge >= 0.3 is 6.36 Å². The number of oxazole rings is 1. The smallest absolute Gasteiger partial charge is 0.424 e. The molecule has 3 fully saturated rings. The zero-order valence-electron chi connectivity index (χ0n) is 21.9. The largest absolute Gasteiger partial charge is 0.573 e. The predicted octanol–water partition coefficient (Wildman–Crippen LogP) is 6.75. The van der Waals surface area contributed by atoms with Crippen molar-refractivity contribution in [3.05, 3.63) is 66.4 Å². The molecule has 2 N–H and O–H groups in total. The third-order valence-corrected chi connectivity index (χ3v) is 8.56. The van der Waals surface area contributed by atoms with E-state index >= 15 is 0 Å². The quantitative estimate of drug-likeness (QED) is 0.330. The van der Waals surface area contributed by atoms with Crippen molar-refractivity contribution in [1.82, 2.24) is 15.2 Å². The fourth-order valence-corrected chi connectivity index (χ4v) is 6.74. The molecular weight excluding hydrogens is 505 g/mol. The van der Waals surface area contributed by atoms with E-state index in [4.69, 9.17) is 4.42 Å². The Bertz CT molecular complexity index is 1220. The van der Waals surface area contributed by atoms with Gasteiger partial charge in [0.15, 0.2) is 5.76 Å². The Morgan fingerprint density at radius 1 is 0.872 bits per heavy atom. The summed E-state index contributed by atoms with van der Waals surface area (Å²) < 4.78 is 47.3. The Balaban J connectivity index is 1.09. The van der Waals surface area contributed by atoms with E-state index in [0.29, 0.717) is 41.5 Å². The SMILES string of the molecule is FC(F)(F)Oc1ccc(-c2cnc(NC3CCCCC3NC3CCC4CCC3N4Cc3ccccc3)o2)cc1. The van der Waals surface area contributed by atoms with Gasteiger partial charge in [0.2, 0.25) is 0 Å². The third-order valence-electron chi connectivity index (χ3n) is 8.56. The van der Waals surface area contributed by atoms with E-state index in [1.807, 2.05) is 0 Å². The van der Waals surface area contributed by atoms with E-state index in [0.717, 1.165) is 25.8 Å². The van der Waals surface area contributed by atoms with Crippen LogP contribution in [0.25, 0.3) is 11.3 Å². The average Bonchev–Trinajstić information content (AvgIpc) is 3.49. The normalized spacial score (nSPS) is 27.4. The maximum absolute atomic E-state index is 12.5. The number of ether oxygens (including phenoxy) is 1. The summed E-state index contributed by atoms with van der Waals surface area (Å²) in [7, 11) is 0. The fourth-order valence-electron chi connectivity index (χ4n) is 6.74. The van der Waals surface area contributed by atoms with E-state index in [9.17, 15) is 13.2 Å². The van der Waals surface area contributed by atoms with Gasteiger partial charge < -0.3 is 19.8 Å². The molecule has 1 aromatic heterocycles. The molecule has 2 aliphatic heterocycles. The van der Waals surface area contributed by atoms with Crippen LogP contribution < -0.4 is 15.4 Å². The number of hydrogen-bond acceptors (Lipinski definition) is 6. The highest BCUT2D eigenvalue weighted by Gasteiger charge is 2.43. The predicted molar refractivity (Wildman–Crippen MR) is 143 cm³/mol. The van der Waals surface area contributed by atoms with Crippen molar-refractivity contribution in [2.24, 2.45) is 0 Å². The van der Waals surface area contributed by atoms with Gasteiger partial charge in [-0.25, -0.2) is 4.98 Å². The maximum atomic E-state index is 12.5. The molecule has 5 unspecified atom stereocenters. The average molecular weight is 541 g/mol. The molecule has 1 saturated carbocycles. The van der Waals surface area contributed by atoms with Crippen molar-refractivity contribution in [1.29, 1.82) is 0 Å². The molecular formula is C30H35F3N4O2. The van der Waals surface area contributed by atoms with Crippen molar-refractivity contribution in [3.8, 4) is 17.1 Å². The summed E-state index contributed by atoms with van der Waals surface area (Å²) in [6.07, 6.45) is 6.36. The highest BCUT2D eigenvalue weighted by Crippen LogP contribution is 2.38. The first kappa shape index (κ1) is 26.2. The second-order valence-electron chi connectivity index (χ2n) is 11.1. The van der Waals surface area contributed by atoms with E-state index in [2.05, 4.69) is 55.6 Å². The number of benzene rings is 2. The zero-order valence-corrected chi connectivity index (χ0v) is 21.9. The lowest BCUT2D eigenvalue weighted by atomic mass is 9.87. The van der Waals surface area contributed by atoms with E-state index in [1.165, 1.54) is 61.9 Å². The van der Waals surface area contributed by atoms with Crippen LogP contribution >= 0.6 is 0 Å². The lowest BCUT2D eigenvalue weighted by Gasteiger charge is -2.44. The number of nitrogens with one attached hydrogen (secondary N) is 2. The molecule has 6 nitrogen and oxygen atoms in total. The molecule has 5 atom stereocenters. The number of nitrogens with zero attached hydrogens (tertiary/aromatic N) is 2. The Labute approximate surface area is 226 Å². The van der Waals surface area contributed by atoms with E-state index in [1.54, 1.807) is 6.20 Å². The fraction of sp³-hybridized carbons (Fsp3) is 0.500. The standard InChI is InChI=1S/C30H35F3N4O2/c31-30(32,33)39-23-14-10-21(11-15-23)28-18-34-29(38-28)36-25-9-5-4-8-24(25)35-26-16-12-22-13-17-27(26)37(22)19-20-6-2-1-3-7-20/h1-3,6-7,10-11,14-15,18,22,24-27,35H,4-5,8-9,12-13,16-17,19H2,(H,34,36). The van der Waals surface area contributed by atoms with Gasteiger partial charge in [0.1, 0.15) is 5.75 Å². The van der Waals surface area contributed by atoms with Crippen LogP contribution in [-0.2, 0) is 6.54 Å². The summed E-state index contributed by atoms with van der Waals surface area (Å²) >= 11 is 0. The number of anilines is 1. The molecule has 2 saturated heterocycles. The van der Waals surface area contributed by atoms with E-state index in [-0.39, 0.29) is 11.8 Å². The van der Waals surface area contributed by atoms with Gasteiger partial charge in [-0.05, 0) is 68.4 Å². The Hall–Kier alpha value is -3.04. The van der Waals surface area contributed by atoms with Crippen molar-refractivity contribution in [2.75, 3.05) is 5.32 Å². The highest BCUT2D eigenvalue weighted by atomic mass is 19.4. The van der Waals surface area contributed by atoms with Crippen molar-refractivity contribution >= 4 is 6.01 Å². The van der Waals surface area contributed by atoms with Gasteiger partial charge in [-0.2, -0.15) is 0 Å². The Morgan fingerprint density at radius 2 is 1.62 bits per heavy atom. The molecule has 2 aromatic carbocycles. The molecule has 1 aliphatic carbocycles. The minimum Gasteiger partial charge on any atom is -0.424 e. The number of rotatable bonds is 8. The summed E-state index contributed by atoms with van der Waals surface area (Å²) in [5.74, 6) is 0.232. The van der Waals surface area contributed by atoms with Gasteiger partial charge in [0.25, 0.3) is 6.01 Å². The first-order chi connectivity index (χ1) is 18.9. The van der Waals surface area contributed by atoms with Gasteiger partial charge in [0.05, 0.1) is 6.20 Å². The van der Waals surface area contributed by atoms with Crippen LogP contribution in [0.1, 0.15) is 56.9 Å². The number of piperidine rings is 1. The highest BCUT2D eigenvalue weighted by molar-refractivity contribution is 5.58. The molecule has 2 bridgehead atoms. The van der Waals surface area contributed by atoms with Gasteiger partial charge in [0, 0.05) is 42.3 Å². The van der Waals surface area contributed by atoms with Gasteiger partial charge in [-0.3, -0.25) is 4.90 Å². The van der Waals surface area contributed by atoms with Crippen LogP contribution in [0.3, 0.4) is 0 Å². The number of hydrogen-bond donors (Lipinski definition) is 2. The minimum absolute atomic E-state index is 0.203. The lowest BCUT2D eigenvalue weighted by Crippen LogP contribution is -2.58. The molecule has 6 rings (SSSR count). The third kappa shape index (κ3) is 6.25. The van der Waals surface area contributed by atoms with Crippen LogP contribution in [0.15, 0.2) is 65.2 Å². The molecule has 0 amide bonds. The molecule has 39 heavy (non-hydrogen) atoms. The molecule has 9 heteroatoms. The van der Waals surface area contributed by atoms with Crippen LogP contribution in [0.2, 0.25) is 0 Å². The summed E-state index contributed by atoms with van der Waals surface area (Å²) in [4.78, 5) is 7.15. The second-order valence-corrected chi connectivity index (χ2v) is 11.1. The van der Waals surface area contributed by atoms with Crippen LogP contribution in [-0.4, -0.2) is 46.5 Å².